The molecule has 2 amide bonds. The Balaban J connectivity index is 2.09. The lowest BCUT2D eigenvalue weighted by Gasteiger charge is -2.40. The van der Waals surface area contributed by atoms with Crippen molar-refractivity contribution in [2.75, 3.05) is 32.8 Å². The highest BCUT2D eigenvalue weighted by molar-refractivity contribution is 5.84. The highest BCUT2D eigenvalue weighted by atomic mass is 16.5. The molecule has 1 saturated heterocycles. The number of ether oxygens (including phenoxy) is 1. The van der Waals surface area contributed by atoms with Crippen molar-refractivity contribution in [3.63, 3.8) is 0 Å². The molecular formula is C18H31N3O3. The molecule has 1 spiro atoms. The average Bonchev–Trinajstić information content (AvgIpc) is 2.43. The Labute approximate surface area is 144 Å². The summed E-state index contributed by atoms with van der Waals surface area (Å²) in [6, 6.07) is -0.116. The van der Waals surface area contributed by atoms with E-state index in [0.717, 1.165) is 0 Å². The molecule has 2 aliphatic rings. The summed E-state index contributed by atoms with van der Waals surface area (Å²) >= 11 is 0. The van der Waals surface area contributed by atoms with Gasteiger partial charge in [0.05, 0.1) is 24.5 Å². The number of amides is 2. The van der Waals surface area contributed by atoms with Crippen molar-refractivity contribution in [3.8, 4) is 0 Å². The summed E-state index contributed by atoms with van der Waals surface area (Å²) in [5, 5.41) is 9.18. The molecule has 2 rings (SSSR count). The van der Waals surface area contributed by atoms with Crippen LogP contribution in [0, 0.1) is 16.7 Å². The molecule has 2 heterocycles. The van der Waals surface area contributed by atoms with Crippen LogP contribution in [0.3, 0.4) is 0 Å². The van der Waals surface area contributed by atoms with Crippen LogP contribution in [-0.2, 0) is 14.3 Å². The van der Waals surface area contributed by atoms with Crippen LogP contribution >= 0.6 is 0 Å². The molecule has 0 aromatic carbocycles. The van der Waals surface area contributed by atoms with Crippen molar-refractivity contribution < 1.29 is 14.3 Å². The second-order valence-corrected chi connectivity index (χ2v) is 8.14. The molecule has 6 nitrogen and oxygen atoms in total. The lowest BCUT2D eigenvalue weighted by Crippen LogP contribution is -2.62. The van der Waals surface area contributed by atoms with Crippen LogP contribution in [0.2, 0.25) is 0 Å². The molecule has 2 aliphatic heterocycles. The first kappa shape index (κ1) is 18.9. The minimum Gasteiger partial charge on any atom is -0.377 e. The molecule has 0 saturated carbocycles. The van der Waals surface area contributed by atoms with Gasteiger partial charge in [0.15, 0.2) is 0 Å². The van der Waals surface area contributed by atoms with Gasteiger partial charge in [0, 0.05) is 25.7 Å². The van der Waals surface area contributed by atoms with E-state index in [9.17, 15) is 9.59 Å². The van der Waals surface area contributed by atoms with E-state index in [1.807, 2.05) is 39.8 Å². The molecule has 0 radical (unpaired) electrons. The Hall–Kier alpha value is -1.40. The second-order valence-electron chi connectivity index (χ2n) is 8.14. The van der Waals surface area contributed by atoms with Gasteiger partial charge in [-0.2, -0.15) is 0 Å². The van der Waals surface area contributed by atoms with Gasteiger partial charge in [-0.3, -0.25) is 9.59 Å². The largest absolute Gasteiger partial charge is 0.377 e. The lowest BCUT2D eigenvalue weighted by atomic mass is 9.77. The Morgan fingerprint density at radius 2 is 1.92 bits per heavy atom. The van der Waals surface area contributed by atoms with Gasteiger partial charge in [-0.25, -0.2) is 0 Å². The summed E-state index contributed by atoms with van der Waals surface area (Å²) in [5.74, 6) is -0.197. The van der Waals surface area contributed by atoms with E-state index in [-0.39, 0.29) is 34.6 Å². The van der Waals surface area contributed by atoms with Crippen LogP contribution in [0.1, 0.15) is 34.1 Å². The minimum absolute atomic E-state index is 0.0229. The van der Waals surface area contributed by atoms with Crippen molar-refractivity contribution in [3.05, 3.63) is 12.2 Å². The Kier molecular flexibility index (Phi) is 6.04. The fourth-order valence-electron chi connectivity index (χ4n) is 3.00. The third-order valence-electron chi connectivity index (χ3n) is 4.90. The second kappa shape index (κ2) is 7.66. The summed E-state index contributed by atoms with van der Waals surface area (Å²) in [7, 11) is 0. The first-order valence-electron chi connectivity index (χ1n) is 8.77. The van der Waals surface area contributed by atoms with E-state index in [1.54, 1.807) is 0 Å². The standard InChI is InChI=1S/C18H31N3O3/c1-13-9-20-16(23)18(11-19-12-18)7-5-6-8-24-10-14(15(22)21-13)17(2,3)4/h5-6,13-14,19H,7-12H2,1-4H3,(H,20,23)(H,21,22)/b6-5-/t13-,14?/m1/s1. The summed E-state index contributed by atoms with van der Waals surface area (Å²) in [4.78, 5) is 25.1. The Morgan fingerprint density at radius 1 is 1.21 bits per heavy atom. The number of hydrogen-bond acceptors (Lipinski definition) is 4. The third kappa shape index (κ3) is 4.57. The van der Waals surface area contributed by atoms with Crippen LogP contribution in [0.5, 0.6) is 0 Å². The number of rotatable bonds is 0. The van der Waals surface area contributed by atoms with Crippen molar-refractivity contribution in [2.45, 2.75) is 40.2 Å². The van der Waals surface area contributed by atoms with Gasteiger partial charge in [0.25, 0.3) is 0 Å². The van der Waals surface area contributed by atoms with Gasteiger partial charge in [-0.05, 0) is 18.8 Å². The van der Waals surface area contributed by atoms with Crippen LogP contribution in [0.15, 0.2) is 12.2 Å². The van der Waals surface area contributed by atoms with Crippen LogP contribution in [0.4, 0.5) is 0 Å². The average molecular weight is 337 g/mol. The minimum atomic E-state index is -0.363. The molecule has 6 heteroatoms. The SMILES string of the molecule is C[C@@H]1CNC(=O)C2(C/C=C\COCC(C(C)(C)C)C(=O)N1)CNC2. The molecule has 1 unspecified atom stereocenters. The molecule has 2 atom stereocenters. The van der Waals surface area contributed by atoms with Crippen molar-refractivity contribution >= 4 is 11.8 Å². The molecule has 0 bridgehead atoms. The number of carbonyl (C=O) groups excluding carboxylic acids is 2. The third-order valence-corrected chi connectivity index (χ3v) is 4.90. The quantitative estimate of drug-likeness (QED) is 0.572. The van der Waals surface area contributed by atoms with Crippen molar-refractivity contribution in [1.29, 1.82) is 0 Å². The molecule has 1 fully saturated rings. The van der Waals surface area contributed by atoms with Gasteiger partial charge in [0.2, 0.25) is 11.8 Å². The van der Waals surface area contributed by atoms with Crippen molar-refractivity contribution in [2.24, 2.45) is 16.7 Å². The lowest BCUT2D eigenvalue weighted by molar-refractivity contribution is -0.135. The molecule has 0 aliphatic carbocycles. The fourth-order valence-corrected chi connectivity index (χ4v) is 3.00. The van der Waals surface area contributed by atoms with Gasteiger partial charge in [0.1, 0.15) is 0 Å². The van der Waals surface area contributed by atoms with Gasteiger partial charge in [-0.1, -0.05) is 32.9 Å². The monoisotopic (exact) mass is 337 g/mol. The van der Waals surface area contributed by atoms with Crippen LogP contribution < -0.4 is 16.0 Å². The molecule has 136 valence electrons. The zero-order valence-corrected chi connectivity index (χ0v) is 15.3. The molecule has 0 aromatic heterocycles. The summed E-state index contributed by atoms with van der Waals surface area (Å²) in [6.07, 6.45) is 4.67. The summed E-state index contributed by atoms with van der Waals surface area (Å²) in [5.41, 5.74) is -0.548. The maximum atomic E-state index is 12.6. The number of nitrogens with one attached hydrogen (secondary N) is 3. The summed E-state index contributed by atoms with van der Waals surface area (Å²) in [6.45, 7) is 10.7. The van der Waals surface area contributed by atoms with Crippen LogP contribution in [0.25, 0.3) is 0 Å². The zero-order chi connectivity index (χ0) is 17.8. The first-order chi connectivity index (χ1) is 11.2. The molecule has 24 heavy (non-hydrogen) atoms. The molecule has 0 aromatic rings. The smallest absolute Gasteiger partial charge is 0.229 e. The van der Waals surface area contributed by atoms with E-state index < -0.39 is 0 Å². The Morgan fingerprint density at radius 3 is 2.50 bits per heavy atom. The predicted molar refractivity (Wildman–Crippen MR) is 93.4 cm³/mol. The normalized spacial score (nSPS) is 30.7. The highest BCUT2D eigenvalue weighted by Gasteiger charge is 2.43. The first-order valence-corrected chi connectivity index (χ1v) is 8.77. The molecular weight excluding hydrogens is 306 g/mol. The van der Waals surface area contributed by atoms with E-state index in [1.165, 1.54) is 0 Å². The van der Waals surface area contributed by atoms with E-state index in [0.29, 0.717) is 39.3 Å². The number of allylic oxidation sites excluding steroid dienone is 1. The maximum absolute atomic E-state index is 12.6. The van der Waals surface area contributed by atoms with Gasteiger partial charge >= 0.3 is 0 Å². The van der Waals surface area contributed by atoms with Gasteiger partial charge < -0.3 is 20.7 Å². The maximum Gasteiger partial charge on any atom is 0.229 e. The van der Waals surface area contributed by atoms with Crippen LogP contribution in [-0.4, -0.2) is 50.7 Å². The summed E-state index contributed by atoms with van der Waals surface area (Å²) < 4.78 is 5.71. The van der Waals surface area contributed by atoms with E-state index in [2.05, 4.69) is 16.0 Å². The fraction of sp³-hybridized carbons (Fsp3) is 0.778. The van der Waals surface area contributed by atoms with E-state index >= 15 is 0 Å². The predicted octanol–water partition coefficient (Wildman–Crippen LogP) is 0.836. The van der Waals surface area contributed by atoms with E-state index in [4.69, 9.17) is 4.74 Å². The zero-order valence-electron chi connectivity index (χ0n) is 15.3. The topological polar surface area (TPSA) is 79.5 Å². The molecule has 3 N–H and O–H groups in total. The highest BCUT2D eigenvalue weighted by Crippen LogP contribution is 2.29. The Bertz CT molecular complexity index is 492. The van der Waals surface area contributed by atoms with Gasteiger partial charge in [-0.15, -0.1) is 0 Å². The number of hydrogen-bond donors (Lipinski definition) is 3. The van der Waals surface area contributed by atoms with Crippen molar-refractivity contribution in [1.82, 2.24) is 16.0 Å². The number of carbonyl (C=O) groups is 2.